The summed E-state index contributed by atoms with van der Waals surface area (Å²) in [6, 6.07) is 12.2. The van der Waals surface area contributed by atoms with Gasteiger partial charge in [0.1, 0.15) is 11.5 Å². The number of nitro benzene ring substituents is 1. The van der Waals surface area contributed by atoms with E-state index in [9.17, 15) is 10.1 Å². The van der Waals surface area contributed by atoms with Crippen LogP contribution in [0.1, 0.15) is 5.56 Å². The van der Waals surface area contributed by atoms with Crippen molar-refractivity contribution >= 4 is 16.6 Å². The van der Waals surface area contributed by atoms with Crippen LogP contribution in [0, 0.1) is 17.0 Å². The largest absolute Gasteiger partial charge is 0.457 e. The number of hydrogen-bond acceptors (Lipinski definition) is 3. The minimum atomic E-state index is -0.414. The maximum absolute atomic E-state index is 10.7. The Labute approximate surface area is 115 Å². The number of hydrogen-bond donors (Lipinski definition) is 1. The van der Waals surface area contributed by atoms with Gasteiger partial charge in [-0.2, -0.15) is 0 Å². The van der Waals surface area contributed by atoms with Crippen LogP contribution < -0.4 is 4.74 Å². The summed E-state index contributed by atoms with van der Waals surface area (Å²) in [4.78, 5) is 13.4. The molecule has 100 valence electrons. The van der Waals surface area contributed by atoms with Gasteiger partial charge in [-0.15, -0.1) is 0 Å². The van der Waals surface area contributed by atoms with E-state index in [0.29, 0.717) is 11.5 Å². The molecule has 3 rings (SSSR count). The molecule has 5 heteroatoms. The first-order valence-electron chi connectivity index (χ1n) is 6.13. The van der Waals surface area contributed by atoms with Gasteiger partial charge in [-0.3, -0.25) is 10.1 Å². The van der Waals surface area contributed by atoms with E-state index < -0.39 is 4.92 Å². The number of benzene rings is 2. The van der Waals surface area contributed by atoms with E-state index in [1.165, 1.54) is 12.1 Å². The fourth-order valence-corrected chi connectivity index (χ4v) is 2.08. The molecule has 0 atom stereocenters. The molecule has 0 amide bonds. The lowest BCUT2D eigenvalue weighted by Gasteiger charge is -2.08. The topological polar surface area (TPSA) is 68.2 Å². The molecule has 0 radical (unpaired) electrons. The van der Waals surface area contributed by atoms with Gasteiger partial charge in [0.05, 0.1) is 4.92 Å². The molecule has 3 aromatic rings. The summed E-state index contributed by atoms with van der Waals surface area (Å²) in [5, 5.41) is 11.8. The van der Waals surface area contributed by atoms with E-state index in [1.54, 1.807) is 13.0 Å². The van der Waals surface area contributed by atoms with Crippen LogP contribution in [0.4, 0.5) is 5.69 Å². The van der Waals surface area contributed by atoms with E-state index >= 15 is 0 Å². The van der Waals surface area contributed by atoms with Gasteiger partial charge < -0.3 is 9.72 Å². The first-order valence-corrected chi connectivity index (χ1v) is 6.13. The molecule has 0 fully saturated rings. The van der Waals surface area contributed by atoms with Crippen molar-refractivity contribution in [2.45, 2.75) is 6.92 Å². The number of nitrogens with zero attached hydrogens (tertiary/aromatic N) is 1. The molecule has 0 aliphatic carbocycles. The van der Waals surface area contributed by atoms with Gasteiger partial charge >= 0.3 is 0 Å². The van der Waals surface area contributed by atoms with Crippen molar-refractivity contribution in [2.24, 2.45) is 0 Å². The summed E-state index contributed by atoms with van der Waals surface area (Å²) in [6.45, 7) is 1.79. The third-order valence-corrected chi connectivity index (χ3v) is 3.12. The molecule has 0 saturated carbocycles. The second kappa shape index (κ2) is 4.70. The van der Waals surface area contributed by atoms with Gasteiger partial charge in [0.15, 0.2) is 0 Å². The average Bonchev–Trinajstić information content (AvgIpc) is 2.88. The molecule has 0 aliphatic heterocycles. The molecule has 0 bridgehead atoms. The molecule has 5 nitrogen and oxygen atoms in total. The quantitative estimate of drug-likeness (QED) is 0.572. The van der Waals surface area contributed by atoms with E-state index in [1.807, 2.05) is 30.5 Å². The average molecular weight is 268 g/mol. The molecule has 0 unspecified atom stereocenters. The van der Waals surface area contributed by atoms with E-state index in [-0.39, 0.29) is 5.69 Å². The number of non-ortho nitro benzene ring substituents is 1. The van der Waals surface area contributed by atoms with Crippen molar-refractivity contribution in [3.8, 4) is 11.5 Å². The highest BCUT2D eigenvalue weighted by Crippen LogP contribution is 2.29. The van der Waals surface area contributed by atoms with Crippen molar-refractivity contribution in [3.63, 3.8) is 0 Å². The number of nitro groups is 1. The zero-order valence-corrected chi connectivity index (χ0v) is 10.8. The summed E-state index contributed by atoms with van der Waals surface area (Å²) in [5.41, 5.74) is 1.84. The monoisotopic (exact) mass is 268 g/mol. The van der Waals surface area contributed by atoms with Gasteiger partial charge in [0.25, 0.3) is 5.69 Å². The number of H-pyrrole nitrogens is 1. The number of aryl methyl sites for hydroxylation is 1. The van der Waals surface area contributed by atoms with Crippen LogP contribution in [-0.4, -0.2) is 9.91 Å². The molecule has 0 saturated heterocycles. The standard InChI is InChI=1S/C15H12N2O3/c1-10-8-12(17(18)19)2-5-15(10)20-13-3-4-14-11(9-13)6-7-16-14/h2-9,16H,1H3. The Bertz CT molecular complexity index is 793. The molecule has 2 aromatic carbocycles. The second-order valence-corrected chi connectivity index (χ2v) is 4.54. The number of ether oxygens (including phenoxy) is 1. The highest BCUT2D eigenvalue weighted by Gasteiger charge is 2.09. The lowest BCUT2D eigenvalue weighted by atomic mass is 10.2. The summed E-state index contributed by atoms with van der Waals surface area (Å²) < 4.78 is 5.78. The molecule has 0 aliphatic rings. The first-order chi connectivity index (χ1) is 9.63. The molecule has 1 aromatic heterocycles. The number of aromatic amines is 1. The van der Waals surface area contributed by atoms with Crippen LogP contribution in [0.2, 0.25) is 0 Å². The molecule has 1 heterocycles. The third kappa shape index (κ3) is 2.21. The zero-order valence-electron chi connectivity index (χ0n) is 10.8. The van der Waals surface area contributed by atoms with Gasteiger partial charge in [-0.25, -0.2) is 0 Å². The first kappa shape index (κ1) is 12.2. The number of nitrogens with one attached hydrogen (secondary N) is 1. The predicted octanol–water partition coefficient (Wildman–Crippen LogP) is 4.18. The van der Waals surface area contributed by atoms with Crippen molar-refractivity contribution in [1.82, 2.24) is 4.98 Å². The summed E-state index contributed by atoms with van der Waals surface area (Å²) >= 11 is 0. The van der Waals surface area contributed by atoms with Gasteiger partial charge in [0, 0.05) is 29.2 Å². The van der Waals surface area contributed by atoms with Crippen molar-refractivity contribution in [1.29, 1.82) is 0 Å². The smallest absolute Gasteiger partial charge is 0.269 e. The van der Waals surface area contributed by atoms with Gasteiger partial charge in [-0.05, 0) is 42.8 Å². The fourth-order valence-electron chi connectivity index (χ4n) is 2.08. The maximum Gasteiger partial charge on any atom is 0.269 e. The molecule has 1 N–H and O–H groups in total. The highest BCUT2D eigenvalue weighted by atomic mass is 16.6. The van der Waals surface area contributed by atoms with Crippen LogP contribution >= 0.6 is 0 Å². The lowest BCUT2D eigenvalue weighted by Crippen LogP contribution is -1.91. The second-order valence-electron chi connectivity index (χ2n) is 4.54. The summed E-state index contributed by atoms with van der Waals surface area (Å²) in [5.74, 6) is 1.32. The lowest BCUT2D eigenvalue weighted by molar-refractivity contribution is -0.384. The van der Waals surface area contributed by atoms with Gasteiger partial charge in [0.2, 0.25) is 0 Å². The number of rotatable bonds is 3. The SMILES string of the molecule is Cc1cc([N+](=O)[O-])ccc1Oc1ccc2[nH]ccc2c1. The van der Waals surface area contributed by atoms with E-state index in [2.05, 4.69) is 4.98 Å². The fraction of sp³-hybridized carbons (Fsp3) is 0.0667. The normalized spacial score (nSPS) is 10.7. The summed E-state index contributed by atoms with van der Waals surface area (Å²) in [7, 11) is 0. The Hall–Kier alpha value is -2.82. The third-order valence-electron chi connectivity index (χ3n) is 3.12. The van der Waals surface area contributed by atoms with E-state index in [4.69, 9.17) is 4.74 Å². The van der Waals surface area contributed by atoms with Crippen molar-refractivity contribution in [2.75, 3.05) is 0 Å². The Kier molecular flexibility index (Phi) is 2.87. The van der Waals surface area contributed by atoms with Crippen molar-refractivity contribution in [3.05, 3.63) is 64.3 Å². The summed E-state index contributed by atoms with van der Waals surface area (Å²) in [6.07, 6.45) is 1.87. The number of aromatic nitrogens is 1. The zero-order chi connectivity index (χ0) is 14.1. The van der Waals surface area contributed by atoms with Crippen molar-refractivity contribution < 1.29 is 9.66 Å². The van der Waals surface area contributed by atoms with Crippen LogP contribution in [0.5, 0.6) is 11.5 Å². The molecular formula is C15H12N2O3. The molecule has 0 spiro atoms. The Balaban J connectivity index is 1.92. The van der Waals surface area contributed by atoms with Crippen LogP contribution in [0.15, 0.2) is 48.7 Å². The highest BCUT2D eigenvalue weighted by molar-refractivity contribution is 5.80. The molecule has 20 heavy (non-hydrogen) atoms. The maximum atomic E-state index is 10.7. The van der Waals surface area contributed by atoms with E-state index in [0.717, 1.165) is 16.5 Å². The minimum Gasteiger partial charge on any atom is -0.457 e. The Morgan fingerprint density at radius 2 is 2.00 bits per heavy atom. The van der Waals surface area contributed by atoms with Crippen LogP contribution in [-0.2, 0) is 0 Å². The Morgan fingerprint density at radius 3 is 2.75 bits per heavy atom. The minimum absolute atomic E-state index is 0.0657. The van der Waals surface area contributed by atoms with Crippen LogP contribution in [0.3, 0.4) is 0 Å². The van der Waals surface area contributed by atoms with Crippen LogP contribution in [0.25, 0.3) is 10.9 Å². The predicted molar refractivity (Wildman–Crippen MR) is 76.2 cm³/mol. The molecular weight excluding hydrogens is 256 g/mol. The van der Waals surface area contributed by atoms with Gasteiger partial charge in [-0.1, -0.05) is 0 Å². The number of fused-ring (bicyclic) bond motifs is 1. The Morgan fingerprint density at radius 1 is 1.15 bits per heavy atom.